The SMILES string of the molecule is CCCCCCC/C=C\C/C=C\C/C=C\CCCCCCCCCCCCCCCCCCCCC(=O)NC(COP(=O)(O)OCC[N+](C)(C)C)C(O)/C=C/CCCCCCCCCCCCCCCCCCCC. The van der Waals surface area contributed by atoms with Crippen molar-refractivity contribution in [3.8, 4) is 0 Å². The summed E-state index contributed by atoms with van der Waals surface area (Å²) < 4.78 is 23.8. The van der Waals surface area contributed by atoms with Crippen LogP contribution >= 0.6 is 7.82 Å². The molecule has 0 saturated carbocycles. The second kappa shape index (κ2) is 57.2. The fourth-order valence-electron chi connectivity index (χ4n) is 9.70. The lowest BCUT2D eigenvalue weighted by Gasteiger charge is -2.25. The van der Waals surface area contributed by atoms with E-state index in [0.717, 1.165) is 51.4 Å². The van der Waals surface area contributed by atoms with Gasteiger partial charge in [0.1, 0.15) is 13.2 Å². The summed E-state index contributed by atoms with van der Waals surface area (Å²) in [5, 5.41) is 14.0. The van der Waals surface area contributed by atoms with Crippen molar-refractivity contribution < 1.29 is 32.9 Å². The first-order valence-corrected chi connectivity index (χ1v) is 34.0. The van der Waals surface area contributed by atoms with Crippen molar-refractivity contribution in [3.05, 3.63) is 48.6 Å². The summed E-state index contributed by atoms with van der Waals surface area (Å²) in [4.78, 5) is 23.4. The Hall–Kier alpha value is -1.54. The molecule has 0 heterocycles. The van der Waals surface area contributed by atoms with Gasteiger partial charge >= 0.3 is 7.82 Å². The Morgan fingerprint density at radius 1 is 0.453 bits per heavy atom. The minimum Gasteiger partial charge on any atom is -0.387 e. The molecule has 0 aliphatic rings. The smallest absolute Gasteiger partial charge is 0.387 e. The molecule has 442 valence electrons. The Bertz CT molecular complexity index is 1360. The summed E-state index contributed by atoms with van der Waals surface area (Å²) in [5.41, 5.74) is 0. The molecule has 9 heteroatoms. The average molecular weight is 1080 g/mol. The van der Waals surface area contributed by atoms with Gasteiger partial charge in [0.25, 0.3) is 0 Å². The van der Waals surface area contributed by atoms with Gasteiger partial charge in [0.05, 0.1) is 39.9 Å². The van der Waals surface area contributed by atoms with Gasteiger partial charge in [-0.05, 0) is 57.8 Å². The number of phosphoric acid groups is 1. The molecule has 0 spiro atoms. The van der Waals surface area contributed by atoms with Crippen molar-refractivity contribution in [2.45, 2.75) is 328 Å². The number of aliphatic hydroxyl groups excluding tert-OH is 1. The van der Waals surface area contributed by atoms with E-state index in [1.165, 1.54) is 244 Å². The predicted octanol–water partition coefficient (Wildman–Crippen LogP) is 20.3. The number of rotatable bonds is 60. The molecule has 0 aromatic heterocycles. The van der Waals surface area contributed by atoms with Crippen LogP contribution in [0.3, 0.4) is 0 Å². The van der Waals surface area contributed by atoms with Gasteiger partial charge in [0.2, 0.25) is 5.91 Å². The number of likely N-dealkylation sites (N-methyl/N-ethyl adjacent to an activating group) is 1. The fraction of sp³-hybridized carbons (Fsp3) is 0.864. The molecule has 3 atom stereocenters. The van der Waals surface area contributed by atoms with Crippen LogP contribution in [0.2, 0.25) is 0 Å². The zero-order chi connectivity index (χ0) is 54.9. The summed E-state index contributed by atoms with van der Waals surface area (Å²) in [7, 11) is 1.58. The van der Waals surface area contributed by atoms with Crippen molar-refractivity contribution in [1.29, 1.82) is 0 Å². The van der Waals surface area contributed by atoms with Crippen LogP contribution < -0.4 is 5.32 Å². The topological polar surface area (TPSA) is 105 Å². The van der Waals surface area contributed by atoms with Crippen molar-refractivity contribution >= 4 is 13.7 Å². The molecule has 0 rings (SSSR count). The number of nitrogens with zero attached hydrogens (tertiary/aromatic N) is 1. The van der Waals surface area contributed by atoms with E-state index in [9.17, 15) is 19.4 Å². The van der Waals surface area contributed by atoms with E-state index >= 15 is 0 Å². The van der Waals surface area contributed by atoms with E-state index in [1.807, 2.05) is 27.2 Å². The lowest BCUT2D eigenvalue weighted by Crippen LogP contribution is -2.45. The van der Waals surface area contributed by atoms with Crippen LogP contribution in [-0.2, 0) is 18.4 Å². The third-order valence-corrected chi connectivity index (χ3v) is 15.8. The number of carbonyl (C=O) groups is 1. The van der Waals surface area contributed by atoms with Crippen LogP contribution in [0.15, 0.2) is 48.6 Å². The number of carbonyl (C=O) groups excluding carboxylic acids is 1. The Balaban J connectivity index is 4.06. The summed E-state index contributed by atoms with van der Waals surface area (Å²) in [6.45, 7) is 4.84. The van der Waals surface area contributed by atoms with Gasteiger partial charge in [-0.1, -0.05) is 300 Å². The minimum absolute atomic E-state index is 0.0625. The molecule has 1 amide bonds. The normalized spacial score (nSPS) is 14.1. The highest BCUT2D eigenvalue weighted by atomic mass is 31.2. The molecule has 0 aliphatic carbocycles. The Labute approximate surface area is 467 Å². The predicted molar refractivity (Wildman–Crippen MR) is 327 cm³/mol. The quantitative estimate of drug-likeness (QED) is 0.0243. The molecule has 3 N–H and O–H groups in total. The van der Waals surface area contributed by atoms with Crippen molar-refractivity contribution in [1.82, 2.24) is 5.32 Å². The molecule has 0 fully saturated rings. The molecule has 0 aliphatic heterocycles. The Morgan fingerprint density at radius 2 is 0.760 bits per heavy atom. The number of quaternary nitrogens is 1. The second-order valence-corrected chi connectivity index (χ2v) is 24.9. The highest BCUT2D eigenvalue weighted by Crippen LogP contribution is 2.43. The van der Waals surface area contributed by atoms with Gasteiger partial charge in [-0.3, -0.25) is 13.8 Å². The van der Waals surface area contributed by atoms with E-state index in [-0.39, 0.29) is 19.1 Å². The van der Waals surface area contributed by atoms with Crippen LogP contribution in [0.5, 0.6) is 0 Å². The number of amides is 1. The summed E-state index contributed by atoms with van der Waals surface area (Å²) in [6.07, 6.45) is 76.6. The minimum atomic E-state index is -4.35. The molecule has 0 radical (unpaired) electrons. The number of hydrogen-bond donors (Lipinski definition) is 3. The third-order valence-electron chi connectivity index (χ3n) is 14.8. The van der Waals surface area contributed by atoms with Crippen LogP contribution in [0, 0.1) is 0 Å². The van der Waals surface area contributed by atoms with Gasteiger partial charge in [-0.2, -0.15) is 0 Å². The standard InChI is InChI=1S/C66H127N2O6P/c1-6-8-10-12-14-16-18-20-22-24-26-28-29-30-31-32-33-34-35-36-37-38-39-40-42-44-46-48-50-52-54-56-58-60-66(70)67-64(63-74-75(71,72)73-62-61-68(3,4)5)65(69)59-57-55-53-51-49-47-45-43-41-27-25-23-21-19-17-15-13-11-9-7-2/h18,20,24,26,29-30,57,59,64-65,69H,6-17,19,21-23,25,27-28,31-56,58,60-63H2,1-5H3,(H-,67,70,71,72)/p+1/b20-18-,26-24-,30-29-,59-57+. The molecule has 3 unspecified atom stereocenters. The lowest BCUT2D eigenvalue weighted by atomic mass is 10.0. The monoisotopic (exact) mass is 1080 g/mol. The molecule has 8 nitrogen and oxygen atoms in total. The molecular weight excluding hydrogens is 948 g/mol. The number of nitrogens with one attached hydrogen (secondary N) is 1. The van der Waals surface area contributed by atoms with Crippen molar-refractivity contribution in [2.24, 2.45) is 0 Å². The van der Waals surface area contributed by atoms with Gasteiger partial charge < -0.3 is 19.8 Å². The zero-order valence-electron chi connectivity index (χ0n) is 50.6. The lowest BCUT2D eigenvalue weighted by molar-refractivity contribution is -0.870. The Morgan fingerprint density at radius 3 is 1.11 bits per heavy atom. The van der Waals surface area contributed by atoms with Crippen molar-refractivity contribution in [2.75, 3.05) is 40.9 Å². The van der Waals surface area contributed by atoms with Crippen LogP contribution in [0.4, 0.5) is 0 Å². The first-order valence-electron chi connectivity index (χ1n) is 32.5. The maximum atomic E-state index is 13.0. The largest absolute Gasteiger partial charge is 0.472 e. The highest BCUT2D eigenvalue weighted by molar-refractivity contribution is 7.47. The molecular formula is C66H128N2O6P+. The summed E-state index contributed by atoms with van der Waals surface area (Å²) in [6, 6.07) is -0.847. The molecule has 0 saturated heterocycles. The maximum absolute atomic E-state index is 13.0. The highest BCUT2D eigenvalue weighted by Gasteiger charge is 2.28. The molecule has 75 heavy (non-hydrogen) atoms. The van der Waals surface area contributed by atoms with E-state index in [4.69, 9.17) is 9.05 Å². The Kier molecular flexibility index (Phi) is 56.0. The van der Waals surface area contributed by atoms with Gasteiger partial charge in [-0.15, -0.1) is 0 Å². The van der Waals surface area contributed by atoms with E-state index in [1.54, 1.807) is 6.08 Å². The van der Waals surface area contributed by atoms with Gasteiger partial charge in [0, 0.05) is 6.42 Å². The molecule has 0 aromatic carbocycles. The fourth-order valence-corrected chi connectivity index (χ4v) is 10.4. The van der Waals surface area contributed by atoms with E-state index in [2.05, 4.69) is 55.6 Å². The maximum Gasteiger partial charge on any atom is 0.472 e. The van der Waals surface area contributed by atoms with Crippen LogP contribution in [0.25, 0.3) is 0 Å². The number of unbranched alkanes of at least 4 members (excludes halogenated alkanes) is 41. The van der Waals surface area contributed by atoms with E-state index < -0.39 is 20.0 Å². The van der Waals surface area contributed by atoms with Crippen LogP contribution in [0.1, 0.15) is 316 Å². The number of phosphoric ester groups is 1. The first kappa shape index (κ1) is 73.5. The van der Waals surface area contributed by atoms with Crippen molar-refractivity contribution in [3.63, 3.8) is 0 Å². The molecule has 0 bridgehead atoms. The average Bonchev–Trinajstić information content (AvgIpc) is 3.37. The summed E-state index contributed by atoms with van der Waals surface area (Å²) >= 11 is 0. The van der Waals surface area contributed by atoms with Gasteiger partial charge in [-0.25, -0.2) is 4.57 Å². The third kappa shape index (κ3) is 60.0. The van der Waals surface area contributed by atoms with Gasteiger partial charge in [0.15, 0.2) is 0 Å². The zero-order valence-corrected chi connectivity index (χ0v) is 51.4. The number of allylic oxidation sites excluding steroid dienone is 7. The first-order chi connectivity index (χ1) is 36.5. The van der Waals surface area contributed by atoms with E-state index in [0.29, 0.717) is 17.4 Å². The molecule has 0 aromatic rings. The van der Waals surface area contributed by atoms with Crippen LogP contribution in [-0.4, -0.2) is 73.4 Å². The number of aliphatic hydroxyl groups is 1. The summed E-state index contributed by atoms with van der Waals surface area (Å²) in [5.74, 6) is -0.172. The second-order valence-electron chi connectivity index (χ2n) is 23.5. The number of hydrogen-bond acceptors (Lipinski definition) is 5.